The maximum atomic E-state index is 13.6. The third-order valence-corrected chi connectivity index (χ3v) is 7.80. The molecule has 8 heteroatoms. The number of hydrogen-bond acceptors (Lipinski definition) is 5. The lowest BCUT2D eigenvalue weighted by molar-refractivity contribution is -0.120. The Hall–Kier alpha value is -3.52. The molecule has 1 unspecified atom stereocenters. The summed E-state index contributed by atoms with van der Waals surface area (Å²) in [5.41, 5.74) is 1.84. The molecule has 0 radical (unpaired) electrons. The van der Waals surface area contributed by atoms with Crippen molar-refractivity contribution < 1.29 is 22.7 Å². The second-order valence-corrected chi connectivity index (χ2v) is 11.3. The lowest BCUT2D eigenvalue weighted by atomic mass is 9.89. The van der Waals surface area contributed by atoms with Crippen molar-refractivity contribution in [3.63, 3.8) is 0 Å². The second-order valence-electron chi connectivity index (χ2n) is 9.48. The van der Waals surface area contributed by atoms with Gasteiger partial charge in [0.2, 0.25) is 5.91 Å². The first-order valence-electron chi connectivity index (χ1n) is 12.0. The molecule has 4 rings (SSSR count). The number of anilines is 1. The highest BCUT2D eigenvalue weighted by Crippen LogP contribution is 2.40. The molecule has 36 heavy (non-hydrogen) atoms. The second kappa shape index (κ2) is 10.2. The van der Waals surface area contributed by atoms with Crippen LogP contribution < -0.4 is 19.1 Å². The minimum absolute atomic E-state index is 0.111. The van der Waals surface area contributed by atoms with Crippen molar-refractivity contribution >= 4 is 21.6 Å². The Bertz CT molecular complexity index is 1320. The highest BCUT2D eigenvalue weighted by Gasteiger charge is 2.35. The van der Waals surface area contributed by atoms with Crippen molar-refractivity contribution in [2.45, 2.75) is 50.7 Å². The van der Waals surface area contributed by atoms with Crippen LogP contribution in [0.15, 0.2) is 77.7 Å². The van der Waals surface area contributed by atoms with Crippen molar-refractivity contribution in [3.05, 3.63) is 83.9 Å². The fraction of sp³-hybridized carbons (Fsp3) is 0.321. The first-order chi connectivity index (χ1) is 17.1. The molecule has 7 nitrogen and oxygen atoms in total. The van der Waals surface area contributed by atoms with Gasteiger partial charge < -0.3 is 14.8 Å². The molecular weight excluding hydrogens is 476 g/mol. The van der Waals surface area contributed by atoms with E-state index in [1.807, 2.05) is 45.9 Å². The molecule has 1 N–H and O–H groups in total. The van der Waals surface area contributed by atoms with E-state index in [4.69, 9.17) is 9.47 Å². The van der Waals surface area contributed by atoms with Crippen molar-refractivity contribution in [1.82, 2.24) is 5.32 Å². The molecule has 3 aromatic rings. The molecular formula is C28H32N2O5S. The normalized spacial score (nSPS) is 16.4. The van der Waals surface area contributed by atoms with Gasteiger partial charge in [-0.25, -0.2) is 8.42 Å². The molecule has 1 amide bonds. The molecule has 1 aliphatic heterocycles. The van der Waals surface area contributed by atoms with E-state index < -0.39 is 21.5 Å². The van der Waals surface area contributed by atoms with Gasteiger partial charge in [-0.05, 0) is 70.2 Å². The van der Waals surface area contributed by atoms with Crippen LogP contribution in [-0.2, 0) is 14.8 Å². The van der Waals surface area contributed by atoms with Crippen LogP contribution in [0.4, 0.5) is 5.69 Å². The summed E-state index contributed by atoms with van der Waals surface area (Å²) in [4.78, 5) is 13.5. The van der Waals surface area contributed by atoms with Crippen molar-refractivity contribution in [2.75, 3.05) is 17.5 Å². The fourth-order valence-corrected chi connectivity index (χ4v) is 5.83. The number of sulfonamides is 1. The van der Waals surface area contributed by atoms with E-state index in [9.17, 15) is 13.2 Å². The lowest BCUT2D eigenvalue weighted by Gasteiger charge is -2.38. The summed E-state index contributed by atoms with van der Waals surface area (Å²) in [6.45, 7) is 7.93. The molecule has 1 heterocycles. The molecule has 0 saturated carbocycles. The lowest BCUT2D eigenvalue weighted by Crippen LogP contribution is -2.45. The van der Waals surface area contributed by atoms with Crippen LogP contribution in [-0.4, -0.2) is 33.1 Å². The number of nitrogens with one attached hydrogen (secondary N) is 1. The Balaban J connectivity index is 1.64. The standard InChI is InChI=1S/C28H32N2O5S/c1-5-34-22-14-12-21(13-15-22)30(36(32,33)23-9-7-6-8-10-23)19-27(31)29-25-18-28(3,4)35-26-16-11-20(2)17-24(25)26/h6-17,25H,5,18-19H2,1-4H3,(H,29,31). The molecule has 0 saturated heterocycles. The number of amides is 1. The number of rotatable bonds is 8. The number of ether oxygens (including phenoxy) is 2. The molecule has 1 atom stereocenters. The number of fused-ring (bicyclic) bond motifs is 1. The van der Waals surface area contributed by atoms with Gasteiger partial charge in [-0.3, -0.25) is 9.10 Å². The summed E-state index contributed by atoms with van der Waals surface area (Å²) >= 11 is 0. The zero-order valence-corrected chi connectivity index (χ0v) is 21.8. The summed E-state index contributed by atoms with van der Waals surface area (Å²) in [6, 6.07) is 20.4. The quantitative estimate of drug-likeness (QED) is 0.463. The van der Waals surface area contributed by atoms with E-state index in [0.717, 1.165) is 21.2 Å². The van der Waals surface area contributed by atoms with Crippen molar-refractivity contribution in [3.8, 4) is 11.5 Å². The summed E-state index contributed by atoms with van der Waals surface area (Å²) in [5.74, 6) is 0.945. The van der Waals surface area contributed by atoms with Gasteiger partial charge in [-0.2, -0.15) is 0 Å². The minimum atomic E-state index is -4.00. The van der Waals surface area contributed by atoms with E-state index in [1.165, 1.54) is 12.1 Å². The molecule has 0 spiro atoms. The Morgan fingerprint density at radius 1 is 1.08 bits per heavy atom. The van der Waals surface area contributed by atoms with Crippen LogP contribution in [0.2, 0.25) is 0 Å². The van der Waals surface area contributed by atoms with Crippen LogP contribution in [0.5, 0.6) is 11.5 Å². The Morgan fingerprint density at radius 3 is 2.44 bits per heavy atom. The van der Waals surface area contributed by atoms with E-state index in [1.54, 1.807) is 42.5 Å². The molecule has 190 valence electrons. The van der Waals surface area contributed by atoms with Crippen LogP contribution in [0.3, 0.4) is 0 Å². The number of nitrogens with zero attached hydrogens (tertiary/aromatic N) is 1. The van der Waals surface area contributed by atoms with E-state index in [-0.39, 0.29) is 17.5 Å². The number of aryl methyl sites for hydroxylation is 1. The Kier molecular flexibility index (Phi) is 7.26. The fourth-order valence-electron chi connectivity index (χ4n) is 4.38. The Morgan fingerprint density at radius 2 is 1.78 bits per heavy atom. The average Bonchev–Trinajstić information content (AvgIpc) is 2.84. The summed E-state index contributed by atoms with van der Waals surface area (Å²) in [5, 5.41) is 3.06. The third-order valence-electron chi connectivity index (χ3n) is 6.01. The zero-order chi connectivity index (χ0) is 25.9. The van der Waals surface area contributed by atoms with E-state index >= 15 is 0 Å². The maximum Gasteiger partial charge on any atom is 0.264 e. The molecule has 3 aromatic carbocycles. The molecule has 0 aromatic heterocycles. The van der Waals surface area contributed by atoms with E-state index in [0.29, 0.717) is 24.5 Å². The van der Waals surface area contributed by atoms with Crippen LogP contribution in [0, 0.1) is 6.92 Å². The molecule has 0 bridgehead atoms. The van der Waals surface area contributed by atoms with Gasteiger partial charge in [0.1, 0.15) is 23.6 Å². The monoisotopic (exact) mass is 508 g/mol. The predicted molar refractivity (Wildman–Crippen MR) is 140 cm³/mol. The largest absolute Gasteiger partial charge is 0.494 e. The SMILES string of the molecule is CCOc1ccc(N(CC(=O)NC2CC(C)(C)Oc3ccc(C)cc32)S(=O)(=O)c2ccccc2)cc1. The molecule has 1 aliphatic rings. The highest BCUT2D eigenvalue weighted by molar-refractivity contribution is 7.92. The van der Waals surface area contributed by atoms with Crippen molar-refractivity contribution in [2.24, 2.45) is 0 Å². The van der Waals surface area contributed by atoms with Gasteiger partial charge >= 0.3 is 0 Å². The number of carbonyl (C=O) groups is 1. The number of hydrogen-bond donors (Lipinski definition) is 1. The zero-order valence-electron chi connectivity index (χ0n) is 21.0. The topological polar surface area (TPSA) is 84.9 Å². The summed E-state index contributed by atoms with van der Waals surface area (Å²) in [7, 11) is -4.00. The predicted octanol–water partition coefficient (Wildman–Crippen LogP) is 5.01. The van der Waals surface area contributed by atoms with Gasteiger partial charge in [0.05, 0.1) is 23.2 Å². The molecule has 0 fully saturated rings. The van der Waals surface area contributed by atoms with Crippen LogP contribution >= 0.6 is 0 Å². The average molecular weight is 509 g/mol. The smallest absolute Gasteiger partial charge is 0.264 e. The van der Waals surface area contributed by atoms with E-state index in [2.05, 4.69) is 5.32 Å². The minimum Gasteiger partial charge on any atom is -0.494 e. The van der Waals surface area contributed by atoms with Gasteiger partial charge in [-0.1, -0.05) is 35.9 Å². The molecule has 0 aliphatic carbocycles. The summed E-state index contributed by atoms with van der Waals surface area (Å²) in [6.07, 6.45) is 0.559. The van der Waals surface area contributed by atoms with Crippen LogP contribution in [0.1, 0.15) is 44.4 Å². The number of carbonyl (C=O) groups excluding carboxylic acids is 1. The van der Waals surface area contributed by atoms with Gasteiger partial charge in [-0.15, -0.1) is 0 Å². The van der Waals surface area contributed by atoms with Gasteiger partial charge in [0.15, 0.2) is 0 Å². The first-order valence-corrected chi connectivity index (χ1v) is 13.4. The first kappa shape index (κ1) is 25.6. The maximum absolute atomic E-state index is 13.6. The van der Waals surface area contributed by atoms with Gasteiger partial charge in [0, 0.05) is 12.0 Å². The van der Waals surface area contributed by atoms with Gasteiger partial charge in [0.25, 0.3) is 10.0 Å². The van der Waals surface area contributed by atoms with Crippen LogP contribution in [0.25, 0.3) is 0 Å². The summed E-state index contributed by atoms with van der Waals surface area (Å²) < 4.78 is 40.0. The Labute approximate surface area is 213 Å². The third kappa shape index (κ3) is 5.65. The van der Waals surface area contributed by atoms with Crippen molar-refractivity contribution in [1.29, 1.82) is 0 Å². The highest BCUT2D eigenvalue weighted by atomic mass is 32.2. The number of benzene rings is 3.